The van der Waals surface area contributed by atoms with Gasteiger partial charge in [0, 0.05) is 64.1 Å². The van der Waals surface area contributed by atoms with Crippen molar-refractivity contribution in [1.82, 2.24) is 20.5 Å². The molecule has 3 rings (SSSR count). The van der Waals surface area contributed by atoms with Crippen LogP contribution in [-0.2, 0) is 14.4 Å². The minimum Gasteiger partial charge on any atom is -0.371 e. The highest BCUT2D eigenvalue weighted by Gasteiger charge is 2.27. The first-order valence-corrected chi connectivity index (χ1v) is 11.0. The van der Waals surface area contributed by atoms with E-state index in [0.29, 0.717) is 12.3 Å². The maximum atomic E-state index is 12.8. The zero-order valence-electron chi connectivity index (χ0n) is 17.8. The van der Waals surface area contributed by atoms with Gasteiger partial charge in [-0.25, -0.2) is 0 Å². The molecule has 2 fully saturated rings. The summed E-state index contributed by atoms with van der Waals surface area (Å²) in [5.74, 6) is -0.0850. The maximum Gasteiger partial charge on any atom is 0.246 e. The molecule has 1 unspecified atom stereocenters. The molecule has 2 aliphatic heterocycles. The van der Waals surface area contributed by atoms with Crippen LogP contribution >= 0.6 is 0 Å². The lowest BCUT2D eigenvalue weighted by Crippen LogP contribution is -2.54. The second-order valence-electron chi connectivity index (χ2n) is 8.28. The van der Waals surface area contributed by atoms with E-state index in [2.05, 4.69) is 20.5 Å². The van der Waals surface area contributed by atoms with Crippen LogP contribution in [0.1, 0.15) is 45.4 Å². The van der Waals surface area contributed by atoms with Gasteiger partial charge in [0.25, 0.3) is 0 Å². The minimum absolute atomic E-state index is 0.0563. The summed E-state index contributed by atoms with van der Waals surface area (Å²) < 4.78 is 0. The molecule has 0 bridgehead atoms. The van der Waals surface area contributed by atoms with Gasteiger partial charge >= 0.3 is 0 Å². The molecule has 30 heavy (non-hydrogen) atoms. The van der Waals surface area contributed by atoms with Gasteiger partial charge in [-0.3, -0.25) is 19.4 Å². The lowest BCUT2D eigenvalue weighted by Gasteiger charge is -2.33. The summed E-state index contributed by atoms with van der Waals surface area (Å²) in [7, 11) is 0. The Balaban J connectivity index is 1.44. The molecule has 0 aliphatic carbocycles. The lowest BCUT2D eigenvalue weighted by molar-refractivity contribution is -0.137. The fourth-order valence-corrected chi connectivity index (χ4v) is 4.28. The Labute approximate surface area is 178 Å². The molecule has 0 radical (unpaired) electrons. The SMILES string of the molecule is CC(=O)NC(CNC(=O)CC1CCN(c2ccncc2)CC1)C(=O)N1CCCCC1. The molecule has 8 heteroatoms. The Morgan fingerprint density at radius 1 is 1.07 bits per heavy atom. The number of aromatic nitrogens is 1. The number of anilines is 1. The number of likely N-dealkylation sites (tertiary alicyclic amines) is 1. The van der Waals surface area contributed by atoms with Crippen LogP contribution in [-0.4, -0.2) is 66.4 Å². The van der Waals surface area contributed by atoms with Crippen molar-refractivity contribution in [3.63, 3.8) is 0 Å². The number of nitrogens with zero attached hydrogens (tertiary/aromatic N) is 3. The molecule has 164 valence electrons. The van der Waals surface area contributed by atoms with Crippen LogP contribution in [0.5, 0.6) is 0 Å². The highest BCUT2D eigenvalue weighted by molar-refractivity contribution is 5.88. The van der Waals surface area contributed by atoms with Gasteiger partial charge in [-0.1, -0.05) is 0 Å². The third kappa shape index (κ3) is 6.43. The molecule has 0 spiro atoms. The van der Waals surface area contributed by atoms with Gasteiger partial charge in [0.1, 0.15) is 6.04 Å². The smallest absolute Gasteiger partial charge is 0.246 e. The van der Waals surface area contributed by atoms with Crippen molar-refractivity contribution >= 4 is 23.4 Å². The van der Waals surface area contributed by atoms with E-state index in [-0.39, 0.29) is 24.3 Å². The van der Waals surface area contributed by atoms with E-state index in [9.17, 15) is 14.4 Å². The Morgan fingerprint density at radius 2 is 1.73 bits per heavy atom. The fourth-order valence-electron chi connectivity index (χ4n) is 4.28. The minimum atomic E-state index is -0.696. The average molecular weight is 416 g/mol. The molecule has 2 aliphatic rings. The predicted octanol–water partition coefficient (Wildman–Crippen LogP) is 1.32. The van der Waals surface area contributed by atoms with Gasteiger partial charge in [-0.15, -0.1) is 0 Å². The van der Waals surface area contributed by atoms with Gasteiger partial charge in [-0.05, 0) is 50.2 Å². The molecule has 2 N–H and O–H groups in total. The van der Waals surface area contributed by atoms with Crippen LogP contribution in [0.3, 0.4) is 0 Å². The van der Waals surface area contributed by atoms with E-state index in [1.807, 2.05) is 12.1 Å². The number of hydrogen-bond acceptors (Lipinski definition) is 5. The number of piperidine rings is 2. The lowest BCUT2D eigenvalue weighted by atomic mass is 9.93. The summed E-state index contributed by atoms with van der Waals surface area (Å²) in [6.07, 6.45) is 9.07. The van der Waals surface area contributed by atoms with E-state index >= 15 is 0 Å². The quantitative estimate of drug-likeness (QED) is 0.700. The maximum absolute atomic E-state index is 12.8. The van der Waals surface area contributed by atoms with Crippen LogP contribution in [0, 0.1) is 5.92 Å². The monoisotopic (exact) mass is 415 g/mol. The molecule has 8 nitrogen and oxygen atoms in total. The van der Waals surface area contributed by atoms with E-state index in [1.54, 1.807) is 17.3 Å². The van der Waals surface area contributed by atoms with Crippen molar-refractivity contribution in [3.05, 3.63) is 24.5 Å². The van der Waals surface area contributed by atoms with Gasteiger partial charge < -0.3 is 20.4 Å². The highest BCUT2D eigenvalue weighted by Crippen LogP contribution is 2.24. The molecule has 3 heterocycles. The summed E-state index contributed by atoms with van der Waals surface area (Å²) in [4.78, 5) is 45.0. The second-order valence-corrected chi connectivity index (χ2v) is 8.28. The Bertz CT molecular complexity index is 713. The van der Waals surface area contributed by atoms with Gasteiger partial charge in [0.15, 0.2) is 0 Å². The van der Waals surface area contributed by atoms with Gasteiger partial charge in [0.05, 0.1) is 0 Å². The summed E-state index contributed by atoms with van der Waals surface area (Å²) >= 11 is 0. The summed E-state index contributed by atoms with van der Waals surface area (Å²) in [5, 5.41) is 5.58. The van der Waals surface area contributed by atoms with E-state index in [4.69, 9.17) is 0 Å². The first-order valence-electron chi connectivity index (χ1n) is 11.0. The standard InChI is InChI=1S/C22H33N5O3/c1-17(28)25-20(22(30)27-11-3-2-4-12-27)16-24-21(29)15-18-7-13-26(14-8-18)19-5-9-23-10-6-19/h5-6,9-10,18,20H,2-4,7-8,11-16H2,1H3,(H,24,29)(H,25,28). The van der Waals surface area contributed by atoms with Crippen molar-refractivity contribution < 1.29 is 14.4 Å². The summed E-state index contributed by atoms with van der Waals surface area (Å²) in [5.41, 5.74) is 1.17. The van der Waals surface area contributed by atoms with E-state index < -0.39 is 6.04 Å². The number of nitrogens with one attached hydrogen (secondary N) is 2. The van der Waals surface area contributed by atoms with Crippen molar-refractivity contribution in [2.45, 2.75) is 51.5 Å². The van der Waals surface area contributed by atoms with Crippen LogP contribution in [0.2, 0.25) is 0 Å². The molecule has 1 atom stereocenters. The van der Waals surface area contributed by atoms with E-state index in [1.165, 1.54) is 12.6 Å². The van der Waals surface area contributed by atoms with Crippen LogP contribution in [0.15, 0.2) is 24.5 Å². The van der Waals surface area contributed by atoms with Crippen LogP contribution < -0.4 is 15.5 Å². The first-order chi connectivity index (χ1) is 14.5. The fraction of sp³-hybridized carbons (Fsp3) is 0.636. The van der Waals surface area contributed by atoms with Crippen molar-refractivity contribution in [3.8, 4) is 0 Å². The summed E-state index contributed by atoms with van der Waals surface area (Å²) in [6.45, 7) is 4.82. The van der Waals surface area contributed by atoms with Crippen molar-refractivity contribution in [1.29, 1.82) is 0 Å². The first kappa shape index (κ1) is 22.1. The molecule has 0 aromatic carbocycles. The van der Waals surface area contributed by atoms with Crippen LogP contribution in [0.4, 0.5) is 5.69 Å². The number of rotatable bonds is 7. The van der Waals surface area contributed by atoms with Gasteiger partial charge in [0.2, 0.25) is 17.7 Å². The molecule has 1 aromatic rings. The largest absolute Gasteiger partial charge is 0.371 e. The Kier molecular flexibility index (Phi) is 8.04. The van der Waals surface area contributed by atoms with Crippen LogP contribution in [0.25, 0.3) is 0 Å². The third-order valence-electron chi connectivity index (χ3n) is 5.96. The molecule has 3 amide bonds. The van der Waals surface area contributed by atoms with Gasteiger partial charge in [-0.2, -0.15) is 0 Å². The van der Waals surface area contributed by atoms with Crippen molar-refractivity contribution in [2.24, 2.45) is 5.92 Å². The molecular weight excluding hydrogens is 382 g/mol. The van der Waals surface area contributed by atoms with Crippen molar-refractivity contribution in [2.75, 3.05) is 37.6 Å². The highest BCUT2D eigenvalue weighted by atomic mass is 16.2. The number of carbonyl (C=O) groups excluding carboxylic acids is 3. The second kappa shape index (κ2) is 10.9. The normalized spacial score (nSPS) is 18.6. The Morgan fingerprint density at radius 3 is 2.37 bits per heavy atom. The third-order valence-corrected chi connectivity index (χ3v) is 5.96. The average Bonchev–Trinajstić information content (AvgIpc) is 2.77. The molecule has 2 saturated heterocycles. The number of amides is 3. The topological polar surface area (TPSA) is 94.6 Å². The number of carbonyl (C=O) groups is 3. The van der Waals surface area contributed by atoms with E-state index in [0.717, 1.165) is 58.3 Å². The number of pyridine rings is 1. The predicted molar refractivity (Wildman–Crippen MR) is 115 cm³/mol. The Hall–Kier alpha value is -2.64. The molecule has 0 saturated carbocycles. The molecular formula is C22H33N5O3. The zero-order chi connectivity index (χ0) is 21.3. The number of hydrogen-bond donors (Lipinski definition) is 2. The zero-order valence-corrected chi connectivity index (χ0v) is 17.8. The summed E-state index contributed by atoms with van der Waals surface area (Å²) in [6, 6.07) is 3.32. The molecule has 1 aromatic heterocycles.